The van der Waals surface area contributed by atoms with Gasteiger partial charge in [0.2, 0.25) is 5.91 Å². The average molecular weight is 297 g/mol. The predicted molar refractivity (Wildman–Crippen MR) is 90.4 cm³/mol. The second-order valence-corrected chi connectivity index (χ2v) is 5.59. The largest absolute Gasteiger partial charge is 0.491 e. The van der Waals surface area contributed by atoms with Gasteiger partial charge in [0.05, 0.1) is 12.5 Å². The number of carbonyl (C=O) groups excluding carboxylic acids is 1. The summed E-state index contributed by atoms with van der Waals surface area (Å²) in [7, 11) is 0. The molecule has 2 rings (SSSR count). The van der Waals surface area contributed by atoms with Gasteiger partial charge in [-0.1, -0.05) is 37.3 Å². The second-order valence-electron chi connectivity index (χ2n) is 5.59. The van der Waals surface area contributed by atoms with E-state index in [0.717, 1.165) is 23.4 Å². The van der Waals surface area contributed by atoms with Crippen molar-refractivity contribution in [3.8, 4) is 5.75 Å². The van der Waals surface area contributed by atoms with Crippen molar-refractivity contribution in [3.05, 3.63) is 59.7 Å². The quantitative estimate of drug-likeness (QED) is 0.867. The Balaban J connectivity index is 1.96. The van der Waals surface area contributed by atoms with E-state index in [-0.39, 0.29) is 12.0 Å². The van der Waals surface area contributed by atoms with E-state index < -0.39 is 0 Å². The first-order valence-corrected chi connectivity index (χ1v) is 7.71. The Labute approximate surface area is 132 Å². The molecule has 1 N–H and O–H groups in total. The molecule has 2 aromatic rings. The molecule has 0 radical (unpaired) electrons. The molecule has 3 nitrogen and oxygen atoms in total. The Kier molecular flexibility index (Phi) is 5.59. The van der Waals surface area contributed by atoms with Gasteiger partial charge in [-0.2, -0.15) is 0 Å². The van der Waals surface area contributed by atoms with Gasteiger partial charge in [0, 0.05) is 11.8 Å². The molecule has 0 saturated heterocycles. The van der Waals surface area contributed by atoms with Crippen molar-refractivity contribution in [2.45, 2.75) is 39.7 Å². The minimum Gasteiger partial charge on any atom is -0.491 e. The highest BCUT2D eigenvalue weighted by atomic mass is 16.5. The van der Waals surface area contributed by atoms with Gasteiger partial charge in [-0.25, -0.2) is 0 Å². The van der Waals surface area contributed by atoms with Crippen molar-refractivity contribution < 1.29 is 9.53 Å². The third-order valence-electron chi connectivity index (χ3n) is 3.29. The van der Waals surface area contributed by atoms with Crippen molar-refractivity contribution in [2.24, 2.45) is 0 Å². The number of ether oxygens (including phenoxy) is 1. The molecule has 0 aliphatic carbocycles. The predicted octanol–water partition coefficient (Wildman–Crippen LogP) is 4.22. The van der Waals surface area contributed by atoms with Crippen LogP contribution in [0.4, 0.5) is 5.69 Å². The van der Waals surface area contributed by atoms with Crippen molar-refractivity contribution >= 4 is 11.6 Å². The lowest BCUT2D eigenvalue weighted by molar-refractivity contribution is -0.115. The molecule has 22 heavy (non-hydrogen) atoms. The molecule has 0 aliphatic heterocycles. The molecule has 116 valence electrons. The Morgan fingerprint density at radius 1 is 1.09 bits per heavy atom. The zero-order chi connectivity index (χ0) is 15.9. The van der Waals surface area contributed by atoms with Gasteiger partial charge in [0.15, 0.2) is 0 Å². The summed E-state index contributed by atoms with van der Waals surface area (Å²) in [6.07, 6.45) is 1.50. The van der Waals surface area contributed by atoms with Gasteiger partial charge in [0.25, 0.3) is 0 Å². The molecule has 0 aromatic heterocycles. The van der Waals surface area contributed by atoms with E-state index >= 15 is 0 Å². The standard InChI is InChI=1S/C19H23NO2/c1-4-15-8-10-16(11-9-15)12-19(21)20-17-6-5-7-18(13-17)22-14(2)3/h5-11,13-14H,4,12H2,1-3H3,(H,20,21). The van der Waals surface area contributed by atoms with Crippen LogP contribution in [-0.2, 0) is 17.6 Å². The molecule has 0 heterocycles. The molecule has 3 heteroatoms. The number of aryl methyl sites for hydroxylation is 1. The minimum atomic E-state index is -0.0223. The van der Waals surface area contributed by atoms with Crippen LogP contribution in [0.2, 0.25) is 0 Å². The summed E-state index contributed by atoms with van der Waals surface area (Å²) >= 11 is 0. The van der Waals surface area contributed by atoms with Crippen molar-refractivity contribution in [3.63, 3.8) is 0 Å². The van der Waals surface area contributed by atoms with Crippen LogP contribution in [0, 0.1) is 0 Å². The molecule has 1 amide bonds. The fourth-order valence-corrected chi connectivity index (χ4v) is 2.20. The van der Waals surface area contributed by atoms with E-state index in [1.807, 2.05) is 50.2 Å². The van der Waals surface area contributed by atoms with Crippen molar-refractivity contribution in [1.29, 1.82) is 0 Å². The molecular weight excluding hydrogens is 274 g/mol. The highest BCUT2D eigenvalue weighted by Gasteiger charge is 2.06. The van der Waals surface area contributed by atoms with Crippen LogP contribution in [0.3, 0.4) is 0 Å². The molecular formula is C19H23NO2. The molecule has 0 spiro atoms. The van der Waals surface area contributed by atoms with Crippen LogP contribution in [0.25, 0.3) is 0 Å². The van der Waals surface area contributed by atoms with E-state index in [4.69, 9.17) is 4.74 Å². The Bertz CT molecular complexity index is 618. The number of rotatable bonds is 6. The van der Waals surface area contributed by atoms with E-state index in [9.17, 15) is 4.79 Å². The van der Waals surface area contributed by atoms with Crippen LogP contribution in [-0.4, -0.2) is 12.0 Å². The lowest BCUT2D eigenvalue weighted by Crippen LogP contribution is -2.14. The summed E-state index contributed by atoms with van der Waals surface area (Å²) in [6.45, 7) is 6.07. The van der Waals surface area contributed by atoms with Gasteiger partial charge < -0.3 is 10.1 Å². The summed E-state index contributed by atoms with van der Waals surface area (Å²) in [5, 5.41) is 2.91. The lowest BCUT2D eigenvalue weighted by atomic mass is 10.1. The van der Waals surface area contributed by atoms with E-state index in [1.54, 1.807) is 0 Å². The van der Waals surface area contributed by atoms with Gasteiger partial charge in [-0.05, 0) is 43.5 Å². The first-order valence-electron chi connectivity index (χ1n) is 7.71. The molecule has 0 unspecified atom stereocenters. The molecule has 0 aliphatic rings. The first-order chi connectivity index (χ1) is 10.6. The number of hydrogen-bond donors (Lipinski definition) is 1. The highest BCUT2D eigenvalue weighted by molar-refractivity contribution is 5.92. The Morgan fingerprint density at radius 3 is 2.41 bits per heavy atom. The number of benzene rings is 2. The summed E-state index contributed by atoms with van der Waals surface area (Å²) in [6, 6.07) is 15.6. The zero-order valence-corrected chi connectivity index (χ0v) is 13.4. The average Bonchev–Trinajstić information content (AvgIpc) is 2.47. The highest BCUT2D eigenvalue weighted by Crippen LogP contribution is 2.18. The van der Waals surface area contributed by atoms with Crippen LogP contribution >= 0.6 is 0 Å². The molecule has 2 aromatic carbocycles. The third-order valence-corrected chi connectivity index (χ3v) is 3.29. The van der Waals surface area contributed by atoms with E-state index in [2.05, 4.69) is 24.4 Å². The number of nitrogens with one attached hydrogen (secondary N) is 1. The fraction of sp³-hybridized carbons (Fsp3) is 0.316. The SMILES string of the molecule is CCc1ccc(CC(=O)Nc2cccc(OC(C)C)c2)cc1. The molecule has 0 fully saturated rings. The smallest absolute Gasteiger partial charge is 0.228 e. The van der Waals surface area contributed by atoms with Crippen LogP contribution in [0.1, 0.15) is 31.9 Å². The summed E-state index contributed by atoms with van der Waals surface area (Å²) in [4.78, 5) is 12.1. The van der Waals surface area contributed by atoms with Crippen LogP contribution in [0.5, 0.6) is 5.75 Å². The minimum absolute atomic E-state index is 0.0223. The summed E-state index contributed by atoms with van der Waals surface area (Å²) < 4.78 is 5.63. The molecule has 0 atom stereocenters. The summed E-state index contributed by atoms with van der Waals surface area (Å²) in [5.41, 5.74) is 3.06. The topological polar surface area (TPSA) is 38.3 Å². The normalized spacial score (nSPS) is 10.5. The monoisotopic (exact) mass is 297 g/mol. The van der Waals surface area contributed by atoms with Gasteiger partial charge in [-0.3, -0.25) is 4.79 Å². The molecule has 0 bridgehead atoms. The van der Waals surface area contributed by atoms with Crippen LogP contribution < -0.4 is 10.1 Å². The van der Waals surface area contributed by atoms with Gasteiger partial charge >= 0.3 is 0 Å². The number of hydrogen-bond acceptors (Lipinski definition) is 2. The Hall–Kier alpha value is -2.29. The van der Waals surface area contributed by atoms with Gasteiger partial charge in [0.1, 0.15) is 5.75 Å². The third kappa shape index (κ3) is 4.92. The first kappa shape index (κ1) is 16.1. The van der Waals surface area contributed by atoms with Crippen molar-refractivity contribution in [2.75, 3.05) is 5.32 Å². The van der Waals surface area contributed by atoms with Gasteiger partial charge in [-0.15, -0.1) is 0 Å². The number of carbonyl (C=O) groups is 1. The zero-order valence-electron chi connectivity index (χ0n) is 13.4. The van der Waals surface area contributed by atoms with Crippen molar-refractivity contribution in [1.82, 2.24) is 0 Å². The second kappa shape index (κ2) is 7.64. The lowest BCUT2D eigenvalue weighted by Gasteiger charge is -2.11. The Morgan fingerprint density at radius 2 is 1.77 bits per heavy atom. The fourth-order valence-electron chi connectivity index (χ4n) is 2.20. The maximum absolute atomic E-state index is 12.1. The molecule has 0 saturated carbocycles. The van der Waals surface area contributed by atoms with E-state index in [1.165, 1.54) is 5.56 Å². The maximum atomic E-state index is 12.1. The van der Waals surface area contributed by atoms with E-state index in [0.29, 0.717) is 6.42 Å². The number of anilines is 1. The van der Waals surface area contributed by atoms with Crippen LogP contribution in [0.15, 0.2) is 48.5 Å². The number of amides is 1. The summed E-state index contributed by atoms with van der Waals surface area (Å²) in [5.74, 6) is 0.742. The maximum Gasteiger partial charge on any atom is 0.228 e.